The summed E-state index contributed by atoms with van der Waals surface area (Å²) in [7, 11) is 2.89. The summed E-state index contributed by atoms with van der Waals surface area (Å²) in [5.41, 5.74) is 2.81. The molecule has 134 valence electrons. The van der Waals surface area contributed by atoms with Crippen LogP contribution in [0.4, 0.5) is 0 Å². The van der Waals surface area contributed by atoms with Crippen LogP contribution in [0.15, 0.2) is 35.9 Å². The van der Waals surface area contributed by atoms with Crippen molar-refractivity contribution in [3.05, 3.63) is 47.1 Å². The van der Waals surface area contributed by atoms with E-state index in [2.05, 4.69) is 12.7 Å². The molecule has 0 unspecified atom stereocenters. The number of aldehydes is 1. The zero-order chi connectivity index (χ0) is 18.4. The van der Waals surface area contributed by atoms with E-state index in [4.69, 9.17) is 14.2 Å². The van der Waals surface area contributed by atoms with Gasteiger partial charge in [0, 0.05) is 0 Å². The molecule has 0 spiro atoms. The highest BCUT2D eigenvalue weighted by Gasteiger charge is 2.19. The van der Waals surface area contributed by atoms with Crippen LogP contribution < -0.4 is 9.47 Å². The zero-order valence-corrected chi connectivity index (χ0v) is 15.0. The van der Waals surface area contributed by atoms with E-state index < -0.39 is 5.97 Å². The van der Waals surface area contributed by atoms with Gasteiger partial charge >= 0.3 is 5.97 Å². The smallest absolute Gasteiger partial charge is 0.338 e. The second kappa shape index (κ2) is 8.51. The molecular weight excluding hydrogens is 320 g/mol. The minimum absolute atomic E-state index is 0.245. The summed E-state index contributed by atoms with van der Waals surface area (Å²) in [6, 6.07) is 2.96. The predicted molar refractivity (Wildman–Crippen MR) is 95.5 cm³/mol. The Morgan fingerprint density at radius 1 is 1.32 bits per heavy atom. The molecule has 1 aromatic carbocycles. The van der Waals surface area contributed by atoms with Crippen molar-refractivity contribution in [1.82, 2.24) is 0 Å². The highest BCUT2D eigenvalue weighted by molar-refractivity contribution is 5.94. The zero-order valence-electron chi connectivity index (χ0n) is 15.0. The van der Waals surface area contributed by atoms with E-state index >= 15 is 0 Å². The molecule has 1 aliphatic carbocycles. The van der Waals surface area contributed by atoms with Gasteiger partial charge in [-0.25, -0.2) is 4.79 Å². The van der Waals surface area contributed by atoms with Crippen LogP contribution in [0.1, 0.15) is 46.9 Å². The van der Waals surface area contributed by atoms with Gasteiger partial charge in [-0.15, -0.1) is 0 Å². The van der Waals surface area contributed by atoms with Crippen LogP contribution in [-0.2, 0) is 4.74 Å². The molecule has 0 heterocycles. The number of rotatable bonds is 7. The number of esters is 1. The Balaban J connectivity index is 2.06. The fourth-order valence-corrected chi connectivity index (χ4v) is 2.91. The maximum Gasteiger partial charge on any atom is 0.338 e. The molecule has 1 aliphatic rings. The molecule has 25 heavy (non-hydrogen) atoms. The van der Waals surface area contributed by atoms with Crippen LogP contribution in [0.3, 0.4) is 0 Å². The van der Waals surface area contributed by atoms with Crippen molar-refractivity contribution in [2.24, 2.45) is 5.92 Å². The molecule has 2 rings (SSSR count). The third-order valence-electron chi connectivity index (χ3n) is 4.46. The first-order valence-electron chi connectivity index (χ1n) is 8.21. The molecule has 5 heteroatoms. The molecule has 0 N–H and O–H groups in total. The Hall–Kier alpha value is -2.56. The van der Waals surface area contributed by atoms with Gasteiger partial charge in [0.25, 0.3) is 0 Å². The minimum atomic E-state index is -0.494. The lowest BCUT2D eigenvalue weighted by molar-refractivity contribution is 0.0535. The molecule has 0 amide bonds. The van der Waals surface area contributed by atoms with Crippen LogP contribution in [0, 0.1) is 5.92 Å². The van der Waals surface area contributed by atoms with Gasteiger partial charge in [0.2, 0.25) is 0 Å². The number of allylic oxidation sites excluding steroid dienone is 2. The average molecular weight is 344 g/mol. The van der Waals surface area contributed by atoms with Gasteiger partial charge in [0.05, 0.1) is 25.3 Å². The van der Waals surface area contributed by atoms with E-state index in [1.165, 1.54) is 31.9 Å². The van der Waals surface area contributed by atoms with E-state index in [1.807, 2.05) is 6.92 Å². The lowest BCUT2D eigenvalue weighted by Gasteiger charge is -2.22. The number of ether oxygens (including phenoxy) is 3. The fraction of sp³-hybridized carbons (Fsp3) is 0.400. The summed E-state index contributed by atoms with van der Waals surface area (Å²) in [4.78, 5) is 23.5. The summed E-state index contributed by atoms with van der Waals surface area (Å²) in [5.74, 6) is 0.641. The van der Waals surface area contributed by atoms with Gasteiger partial charge in [-0.1, -0.05) is 18.2 Å². The van der Waals surface area contributed by atoms with Gasteiger partial charge < -0.3 is 14.2 Å². The lowest BCUT2D eigenvalue weighted by Crippen LogP contribution is -2.13. The highest BCUT2D eigenvalue weighted by Crippen LogP contribution is 2.32. The topological polar surface area (TPSA) is 61.8 Å². The Bertz CT molecular complexity index is 702. The van der Waals surface area contributed by atoms with Crippen molar-refractivity contribution >= 4 is 12.3 Å². The van der Waals surface area contributed by atoms with Crippen LogP contribution in [0.2, 0.25) is 0 Å². The Kier molecular flexibility index (Phi) is 6.39. The lowest BCUT2D eigenvalue weighted by atomic mass is 9.86. The van der Waals surface area contributed by atoms with Crippen molar-refractivity contribution in [2.45, 2.75) is 26.2 Å². The van der Waals surface area contributed by atoms with E-state index in [9.17, 15) is 9.59 Å². The first kappa shape index (κ1) is 18.8. The maximum atomic E-state index is 12.3. The highest BCUT2D eigenvalue weighted by atomic mass is 16.5. The molecule has 0 bridgehead atoms. The van der Waals surface area contributed by atoms with Crippen molar-refractivity contribution in [1.29, 1.82) is 0 Å². The van der Waals surface area contributed by atoms with Crippen LogP contribution >= 0.6 is 0 Å². The molecular formula is C20H24O5. The average Bonchev–Trinajstić information content (AvgIpc) is 2.64. The molecule has 0 saturated carbocycles. The Morgan fingerprint density at radius 3 is 2.60 bits per heavy atom. The molecule has 0 radical (unpaired) electrons. The summed E-state index contributed by atoms with van der Waals surface area (Å²) < 4.78 is 15.7. The molecule has 0 aliphatic heterocycles. The van der Waals surface area contributed by atoms with Crippen LogP contribution in [0.5, 0.6) is 11.5 Å². The monoisotopic (exact) mass is 344 g/mol. The second-order valence-electron chi connectivity index (χ2n) is 6.17. The number of methoxy groups -OCH3 is 2. The minimum Gasteiger partial charge on any atom is -0.493 e. The van der Waals surface area contributed by atoms with E-state index in [-0.39, 0.29) is 17.7 Å². The molecule has 0 aromatic heterocycles. The Labute approximate surface area is 148 Å². The van der Waals surface area contributed by atoms with E-state index in [0.717, 1.165) is 24.8 Å². The second-order valence-corrected chi connectivity index (χ2v) is 6.17. The van der Waals surface area contributed by atoms with E-state index in [1.54, 1.807) is 0 Å². The molecule has 0 fully saturated rings. The normalized spacial score (nSPS) is 16.6. The fourth-order valence-electron chi connectivity index (χ4n) is 2.91. The first-order chi connectivity index (χ1) is 12.0. The van der Waals surface area contributed by atoms with Crippen LogP contribution in [0.25, 0.3) is 0 Å². The third kappa shape index (κ3) is 4.50. The van der Waals surface area contributed by atoms with Crippen molar-refractivity contribution in [2.75, 3.05) is 20.8 Å². The van der Waals surface area contributed by atoms with Gasteiger partial charge in [0.1, 0.15) is 6.61 Å². The predicted octanol–water partition coefficient (Wildman–Crippen LogP) is 3.98. The number of hydrogen-bond donors (Lipinski definition) is 0. The molecule has 1 atom stereocenters. The number of hydrogen-bond acceptors (Lipinski definition) is 5. The van der Waals surface area contributed by atoms with Crippen molar-refractivity contribution in [3.63, 3.8) is 0 Å². The number of benzene rings is 1. The summed E-state index contributed by atoms with van der Waals surface area (Å²) >= 11 is 0. The largest absolute Gasteiger partial charge is 0.493 e. The molecule has 1 aromatic rings. The molecule has 5 nitrogen and oxygen atoms in total. The standard InChI is InChI=1S/C20H24O5/c1-13(2)15-7-5-14(6-8-15)12-25-20(22)16-9-17(11-21)19(24-4)18(10-16)23-3/h5,9-11,15H,1,6-8,12H2,2-4H3/t15-/m1/s1. The Morgan fingerprint density at radius 2 is 2.08 bits per heavy atom. The van der Waals surface area contributed by atoms with Crippen molar-refractivity contribution in [3.8, 4) is 11.5 Å². The third-order valence-corrected chi connectivity index (χ3v) is 4.46. The van der Waals surface area contributed by atoms with Crippen LogP contribution in [-0.4, -0.2) is 33.1 Å². The molecule has 0 saturated heterocycles. The van der Waals surface area contributed by atoms with Gasteiger partial charge in [0.15, 0.2) is 17.8 Å². The van der Waals surface area contributed by atoms with E-state index in [0.29, 0.717) is 23.7 Å². The van der Waals surface area contributed by atoms with Crippen molar-refractivity contribution < 1.29 is 23.8 Å². The number of carbonyl (C=O) groups excluding carboxylic acids is 2. The first-order valence-corrected chi connectivity index (χ1v) is 8.21. The van der Waals surface area contributed by atoms with Gasteiger partial charge in [-0.05, 0) is 49.8 Å². The van der Waals surface area contributed by atoms with Gasteiger partial charge in [-0.3, -0.25) is 4.79 Å². The summed E-state index contributed by atoms with van der Waals surface area (Å²) in [6.45, 7) is 6.30. The summed E-state index contributed by atoms with van der Waals surface area (Å²) in [6.07, 6.45) is 5.62. The SMILES string of the molecule is C=C(C)[C@@H]1CC=C(COC(=O)c2cc(C=O)c(OC)c(OC)c2)CC1. The quantitative estimate of drug-likeness (QED) is 0.425. The van der Waals surface area contributed by atoms with Gasteiger partial charge in [-0.2, -0.15) is 0 Å². The summed E-state index contributed by atoms with van der Waals surface area (Å²) in [5, 5.41) is 0. The maximum absolute atomic E-state index is 12.3. The number of carbonyl (C=O) groups is 2.